The lowest BCUT2D eigenvalue weighted by molar-refractivity contribution is -0.145. The van der Waals surface area contributed by atoms with Gasteiger partial charge in [0.15, 0.2) is 0 Å². The van der Waals surface area contributed by atoms with Crippen molar-refractivity contribution in [1.82, 2.24) is 4.90 Å². The fourth-order valence-corrected chi connectivity index (χ4v) is 3.88. The van der Waals surface area contributed by atoms with Gasteiger partial charge in [0.05, 0.1) is 18.1 Å². The van der Waals surface area contributed by atoms with Gasteiger partial charge in [0, 0.05) is 14.7 Å². The molecule has 28 heavy (non-hydrogen) atoms. The van der Waals surface area contributed by atoms with Gasteiger partial charge in [0.2, 0.25) is 5.91 Å². The van der Waals surface area contributed by atoms with Crippen molar-refractivity contribution in [3.63, 3.8) is 0 Å². The Labute approximate surface area is 171 Å². The van der Waals surface area contributed by atoms with Crippen LogP contribution in [0.5, 0.6) is 0 Å². The predicted octanol–water partition coefficient (Wildman–Crippen LogP) is 4.68. The highest BCUT2D eigenvalue weighted by Gasteiger charge is 2.41. The van der Waals surface area contributed by atoms with Gasteiger partial charge < -0.3 is 14.2 Å². The van der Waals surface area contributed by atoms with Crippen LogP contribution in [0.1, 0.15) is 40.5 Å². The van der Waals surface area contributed by atoms with E-state index >= 15 is 0 Å². The van der Waals surface area contributed by atoms with Crippen LogP contribution in [0.4, 0.5) is 4.79 Å². The topological polar surface area (TPSA) is 65.1 Å². The number of imide groups is 1. The molecule has 0 aliphatic carbocycles. The summed E-state index contributed by atoms with van der Waals surface area (Å²) >= 11 is 0. The molecule has 1 saturated heterocycles. The number of carbonyl (C=O) groups excluding carboxylic acids is 2. The van der Waals surface area contributed by atoms with Crippen LogP contribution in [0.2, 0.25) is 25.7 Å². The maximum atomic E-state index is 13.1. The van der Waals surface area contributed by atoms with Gasteiger partial charge in [0.25, 0.3) is 0 Å². The Morgan fingerprint density at radius 2 is 1.96 bits per heavy atom. The first-order valence-electron chi connectivity index (χ1n) is 10.3. The molecule has 0 aromatic heterocycles. The first kappa shape index (κ1) is 24.9. The molecule has 1 fully saturated rings. The molecule has 2 amide bonds. The predicted molar refractivity (Wildman–Crippen MR) is 114 cm³/mol. The second-order valence-corrected chi connectivity index (χ2v) is 15.2. The average molecular weight is 414 g/mol. The Morgan fingerprint density at radius 1 is 1.32 bits per heavy atom. The van der Waals surface area contributed by atoms with Crippen molar-refractivity contribution in [2.75, 3.05) is 20.0 Å². The van der Waals surface area contributed by atoms with Crippen LogP contribution < -0.4 is 0 Å². The maximum absolute atomic E-state index is 13.1. The van der Waals surface area contributed by atoms with E-state index in [9.17, 15) is 9.59 Å². The Kier molecular flexibility index (Phi) is 9.87. The van der Waals surface area contributed by atoms with Crippen LogP contribution in [0.25, 0.3) is 0 Å². The van der Waals surface area contributed by atoms with Crippen molar-refractivity contribution in [2.45, 2.75) is 78.4 Å². The third kappa shape index (κ3) is 8.45. The molecule has 1 aliphatic rings. The van der Waals surface area contributed by atoms with Crippen LogP contribution in [-0.2, 0) is 19.0 Å². The molecule has 0 saturated carbocycles. The first-order valence-corrected chi connectivity index (χ1v) is 14.0. The zero-order valence-corrected chi connectivity index (χ0v) is 19.7. The van der Waals surface area contributed by atoms with Crippen LogP contribution in [0.3, 0.4) is 0 Å². The van der Waals surface area contributed by atoms with Crippen molar-refractivity contribution in [2.24, 2.45) is 11.8 Å². The van der Waals surface area contributed by atoms with E-state index in [-0.39, 0.29) is 31.5 Å². The summed E-state index contributed by atoms with van der Waals surface area (Å²) in [6.45, 7) is 19.7. The monoisotopic (exact) mass is 413 g/mol. The van der Waals surface area contributed by atoms with Crippen LogP contribution in [0, 0.1) is 11.8 Å². The minimum atomic E-state index is -1.15. The fourth-order valence-electron chi connectivity index (χ4n) is 3.12. The minimum absolute atomic E-state index is 0.139. The molecular weight excluding hydrogens is 374 g/mol. The molecule has 0 aromatic carbocycles. The molecule has 0 N–H and O–H groups in total. The summed E-state index contributed by atoms with van der Waals surface area (Å²) < 4.78 is 16.7. The summed E-state index contributed by atoms with van der Waals surface area (Å²) in [4.78, 5) is 26.5. The fraction of sp³-hybridized carbons (Fsp3) is 0.810. The van der Waals surface area contributed by atoms with E-state index in [0.29, 0.717) is 18.9 Å². The molecule has 7 heteroatoms. The Bertz CT molecular complexity index is 543. The Morgan fingerprint density at radius 3 is 2.50 bits per heavy atom. The molecule has 0 aromatic rings. The zero-order valence-electron chi connectivity index (χ0n) is 18.7. The summed E-state index contributed by atoms with van der Waals surface area (Å²) in [7, 11) is -1.15. The van der Waals surface area contributed by atoms with Crippen molar-refractivity contribution in [3.05, 3.63) is 12.2 Å². The lowest BCUT2D eigenvalue weighted by Crippen LogP contribution is -2.46. The third-order valence-electron chi connectivity index (χ3n) is 4.80. The van der Waals surface area contributed by atoms with Gasteiger partial charge in [-0.2, -0.15) is 0 Å². The largest absolute Gasteiger partial charge is 0.447 e. The summed E-state index contributed by atoms with van der Waals surface area (Å²) in [6.07, 6.45) is 0.339. The van der Waals surface area contributed by atoms with Crippen molar-refractivity contribution >= 4 is 20.1 Å². The number of nitrogens with zero attached hydrogens (tertiary/aromatic N) is 1. The van der Waals surface area contributed by atoms with Crippen LogP contribution in [0.15, 0.2) is 12.2 Å². The van der Waals surface area contributed by atoms with Gasteiger partial charge in [-0.15, -0.1) is 6.58 Å². The molecule has 162 valence electrons. The molecule has 0 spiro atoms. The number of rotatable bonds is 12. The molecular formula is C21H39NO5Si. The van der Waals surface area contributed by atoms with Gasteiger partial charge in [-0.05, 0) is 31.7 Å². The van der Waals surface area contributed by atoms with E-state index in [1.807, 2.05) is 6.92 Å². The number of hydrogen-bond donors (Lipinski definition) is 0. The smallest absolute Gasteiger partial charge is 0.416 e. The normalized spacial score (nSPS) is 19.6. The third-order valence-corrected chi connectivity index (χ3v) is 6.50. The number of hydrogen-bond acceptors (Lipinski definition) is 5. The Hall–Kier alpha value is -1.18. The highest BCUT2D eigenvalue weighted by atomic mass is 28.3. The second-order valence-electron chi connectivity index (χ2n) is 9.56. The van der Waals surface area contributed by atoms with E-state index in [1.165, 1.54) is 4.90 Å². The minimum Gasteiger partial charge on any atom is -0.447 e. The highest BCUT2D eigenvalue weighted by molar-refractivity contribution is 6.76. The Balaban J connectivity index is 2.71. The van der Waals surface area contributed by atoms with Gasteiger partial charge in [-0.25, -0.2) is 9.69 Å². The number of amides is 2. The summed E-state index contributed by atoms with van der Waals surface area (Å²) in [5, 5.41) is 0. The quantitative estimate of drug-likeness (QED) is 0.201. The van der Waals surface area contributed by atoms with Gasteiger partial charge >= 0.3 is 6.09 Å². The highest BCUT2D eigenvalue weighted by Crippen LogP contribution is 2.25. The van der Waals surface area contributed by atoms with Crippen molar-refractivity contribution in [3.8, 4) is 0 Å². The number of ether oxygens (including phenoxy) is 3. The standard InChI is InChI=1S/C21H39NO5Si/c1-15(2)11-18-13-26-21(24)22(18)20(23)17(5)19(12-16(3)4)27-14-25-9-10-28(6,7)8/h15,17-19H,3,9-14H2,1-2,4-8H3/t17-,18-,19+/m0/s1. The number of carbonyl (C=O) groups is 2. The molecule has 1 rings (SSSR count). The van der Waals surface area contributed by atoms with E-state index < -0.39 is 20.1 Å². The van der Waals surface area contributed by atoms with Crippen molar-refractivity contribution in [1.29, 1.82) is 0 Å². The van der Waals surface area contributed by atoms with Gasteiger partial charge in [-0.1, -0.05) is 46.0 Å². The zero-order chi connectivity index (χ0) is 21.5. The maximum Gasteiger partial charge on any atom is 0.416 e. The molecule has 6 nitrogen and oxygen atoms in total. The van der Waals surface area contributed by atoms with Crippen LogP contribution in [-0.4, -0.2) is 57.1 Å². The average Bonchev–Trinajstić information content (AvgIpc) is 2.90. The van der Waals surface area contributed by atoms with E-state index in [2.05, 4.69) is 40.1 Å². The second kappa shape index (κ2) is 11.1. The van der Waals surface area contributed by atoms with E-state index in [4.69, 9.17) is 14.2 Å². The molecule has 1 heterocycles. The molecule has 0 unspecified atom stereocenters. The number of cyclic esters (lactones) is 1. The molecule has 3 atom stereocenters. The van der Waals surface area contributed by atoms with E-state index in [0.717, 1.165) is 18.0 Å². The molecule has 1 aliphatic heterocycles. The molecule has 0 bridgehead atoms. The van der Waals surface area contributed by atoms with Crippen LogP contribution >= 0.6 is 0 Å². The first-order chi connectivity index (χ1) is 12.9. The molecule has 0 radical (unpaired) electrons. The lowest BCUT2D eigenvalue weighted by atomic mass is 9.96. The van der Waals surface area contributed by atoms with Gasteiger partial charge in [0.1, 0.15) is 13.4 Å². The van der Waals surface area contributed by atoms with E-state index in [1.54, 1.807) is 6.92 Å². The summed E-state index contributed by atoms with van der Waals surface area (Å²) in [5.41, 5.74) is 0.925. The summed E-state index contributed by atoms with van der Waals surface area (Å²) in [5.74, 6) is -0.369. The summed E-state index contributed by atoms with van der Waals surface area (Å²) in [6, 6.07) is 0.855. The SMILES string of the molecule is C=C(C)C[C@@H](OCOCC[Si](C)(C)C)[C@H](C)C(=O)N1C(=O)OC[C@@H]1CC(C)C. The van der Waals surface area contributed by atoms with Crippen molar-refractivity contribution < 1.29 is 23.8 Å². The lowest BCUT2D eigenvalue weighted by Gasteiger charge is -2.29. The van der Waals surface area contributed by atoms with Gasteiger partial charge in [-0.3, -0.25) is 4.79 Å².